The van der Waals surface area contributed by atoms with Gasteiger partial charge >= 0.3 is 0 Å². The van der Waals surface area contributed by atoms with Crippen molar-refractivity contribution in [2.24, 2.45) is 0 Å². The lowest BCUT2D eigenvalue weighted by Gasteiger charge is -2.22. The molecule has 2 aliphatic carbocycles. The van der Waals surface area contributed by atoms with Crippen molar-refractivity contribution >= 4 is 0 Å². The third-order valence-electron chi connectivity index (χ3n) is 6.33. The summed E-state index contributed by atoms with van der Waals surface area (Å²) in [6.07, 6.45) is -0.721. The maximum absolute atomic E-state index is 14.3. The molecule has 2 aromatic rings. The maximum atomic E-state index is 14.3. The first-order valence-electron chi connectivity index (χ1n) is 10.5. The van der Waals surface area contributed by atoms with E-state index >= 15 is 0 Å². The summed E-state index contributed by atoms with van der Waals surface area (Å²) in [6.45, 7) is 4.00. The lowest BCUT2D eigenvalue weighted by molar-refractivity contribution is 0.00995. The zero-order valence-corrected chi connectivity index (χ0v) is 17.6. The van der Waals surface area contributed by atoms with E-state index in [1.165, 1.54) is 0 Å². The van der Waals surface area contributed by atoms with E-state index in [0.29, 0.717) is 35.8 Å². The third-order valence-corrected chi connectivity index (χ3v) is 6.33. The molecule has 0 saturated heterocycles. The van der Waals surface area contributed by atoms with Crippen molar-refractivity contribution in [2.75, 3.05) is 26.4 Å². The Balaban J connectivity index is 1.47. The summed E-state index contributed by atoms with van der Waals surface area (Å²) < 4.78 is 73.7. The Bertz CT molecular complexity index is 838. The Kier molecular flexibility index (Phi) is 5.44. The molecule has 0 spiro atoms. The summed E-state index contributed by atoms with van der Waals surface area (Å²) in [7, 11) is 0. The summed E-state index contributed by atoms with van der Waals surface area (Å²) in [6, 6.07) is 13.0. The molecular weight excluding hydrogens is 412 g/mol. The molecule has 0 amide bonds. The minimum Gasteiger partial charge on any atom is -0.494 e. The van der Waals surface area contributed by atoms with Gasteiger partial charge in [0.15, 0.2) is 0 Å². The molecule has 4 rings (SSSR count). The SMILES string of the molecule is CCOc1ccc(C2(COCC3(c4ccc(OCC)cc4)CC3(F)F)CC2(F)F)cc1. The fraction of sp³-hybridized carbons (Fsp3) is 0.500. The van der Waals surface area contributed by atoms with E-state index in [1.807, 2.05) is 13.8 Å². The van der Waals surface area contributed by atoms with Gasteiger partial charge in [-0.2, -0.15) is 0 Å². The van der Waals surface area contributed by atoms with Crippen LogP contribution in [0.4, 0.5) is 17.6 Å². The van der Waals surface area contributed by atoms with Gasteiger partial charge < -0.3 is 14.2 Å². The van der Waals surface area contributed by atoms with E-state index < -0.39 is 22.7 Å². The zero-order chi connectivity index (χ0) is 22.3. The fourth-order valence-electron chi connectivity index (χ4n) is 4.25. The van der Waals surface area contributed by atoms with E-state index in [2.05, 4.69) is 0 Å². The average Bonchev–Trinajstić information content (AvgIpc) is 3.51. The number of rotatable bonds is 10. The highest BCUT2D eigenvalue weighted by atomic mass is 19.3. The van der Waals surface area contributed by atoms with E-state index in [4.69, 9.17) is 14.2 Å². The molecule has 0 aromatic heterocycles. The third kappa shape index (κ3) is 3.77. The van der Waals surface area contributed by atoms with Gasteiger partial charge in [-0.15, -0.1) is 0 Å². The minimum absolute atomic E-state index is 0.317. The minimum atomic E-state index is -2.93. The molecule has 2 fully saturated rings. The Morgan fingerprint density at radius 2 is 0.968 bits per heavy atom. The van der Waals surface area contributed by atoms with Crippen LogP contribution in [-0.2, 0) is 15.6 Å². The second-order valence-corrected chi connectivity index (χ2v) is 8.33. The Hall–Kier alpha value is -2.28. The van der Waals surface area contributed by atoms with Crippen LogP contribution < -0.4 is 9.47 Å². The van der Waals surface area contributed by atoms with Gasteiger partial charge in [0.05, 0.1) is 37.3 Å². The van der Waals surface area contributed by atoms with Gasteiger partial charge in [-0.05, 0) is 49.2 Å². The van der Waals surface area contributed by atoms with Gasteiger partial charge in [0, 0.05) is 12.8 Å². The second-order valence-electron chi connectivity index (χ2n) is 8.33. The molecule has 168 valence electrons. The molecule has 2 unspecified atom stereocenters. The number of benzene rings is 2. The molecule has 2 atom stereocenters. The standard InChI is InChI=1S/C24H26F4O3/c1-3-30-19-9-5-17(6-10-19)21(13-23(21,25)26)15-29-16-22(14-24(22,27)28)18-7-11-20(12-8-18)31-4-2/h5-12H,3-4,13-16H2,1-2H3. The van der Waals surface area contributed by atoms with Crippen LogP contribution >= 0.6 is 0 Å². The zero-order valence-electron chi connectivity index (χ0n) is 17.6. The summed E-state index contributed by atoms with van der Waals surface area (Å²) in [4.78, 5) is 0. The summed E-state index contributed by atoms with van der Waals surface area (Å²) in [5, 5.41) is 0. The first-order valence-corrected chi connectivity index (χ1v) is 10.5. The van der Waals surface area contributed by atoms with E-state index in [-0.39, 0.29) is 26.1 Å². The summed E-state index contributed by atoms with van der Waals surface area (Å²) in [5.41, 5.74) is -2.11. The van der Waals surface area contributed by atoms with Crippen LogP contribution in [0.2, 0.25) is 0 Å². The van der Waals surface area contributed by atoms with Crippen molar-refractivity contribution in [1.29, 1.82) is 0 Å². The summed E-state index contributed by atoms with van der Waals surface area (Å²) in [5.74, 6) is -4.67. The van der Waals surface area contributed by atoms with Crippen LogP contribution in [0.1, 0.15) is 37.8 Å². The van der Waals surface area contributed by atoms with Crippen molar-refractivity contribution in [3.63, 3.8) is 0 Å². The van der Waals surface area contributed by atoms with Gasteiger partial charge in [0.1, 0.15) is 11.5 Å². The Labute approximate surface area is 179 Å². The molecule has 2 aliphatic rings. The van der Waals surface area contributed by atoms with Crippen molar-refractivity contribution in [2.45, 2.75) is 49.4 Å². The molecule has 2 aromatic carbocycles. The number of hydrogen-bond donors (Lipinski definition) is 0. The number of ether oxygens (including phenoxy) is 3. The fourth-order valence-corrected chi connectivity index (χ4v) is 4.25. The van der Waals surface area contributed by atoms with Gasteiger partial charge in [-0.1, -0.05) is 24.3 Å². The molecule has 7 heteroatoms. The van der Waals surface area contributed by atoms with Crippen LogP contribution in [-0.4, -0.2) is 38.3 Å². The lowest BCUT2D eigenvalue weighted by Crippen LogP contribution is -2.29. The molecule has 2 saturated carbocycles. The van der Waals surface area contributed by atoms with Gasteiger partial charge in [0.25, 0.3) is 11.8 Å². The number of alkyl halides is 4. The molecule has 31 heavy (non-hydrogen) atoms. The quantitative estimate of drug-likeness (QED) is 0.442. The molecular formula is C24H26F4O3. The molecule has 0 radical (unpaired) electrons. The predicted molar refractivity (Wildman–Crippen MR) is 109 cm³/mol. The van der Waals surface area contributed by atoms with Crippen molar-refractivity contribution in [1.82, 2.24) is 0 Å². The highest BCUT2D eigenvalue weighted by molar-refractivity contribution is 5.42. The molecule has 0 heterocycles. The van der Waals surface area contributed by atoms with Gasteiger partial charge in [-0.25, -0.2) is 17.6 Å². The first-order chi connectivity index (χ1) is 14.7. The highest BCUT2D eigenvalue weighted by Gasteiger charge is 2.74. The molecule has 0 bridgehead atoms. The highest BCUT2D eigenvalue weighted by Crippen LogP contribution is 2.64. The van der Waals surface area contributed by atoms with Gasteiger partial charge in [-0.3, -0.25) is 0 Å². The largest absolute Gasteiger partial charge is 0.494 e. The van der Waals surface area contributed by atoms with E-state index in [9.17, 15) is 17.6 Å². The smallest absolute Gasteiger partial charge is 0.261 e. The van der Waals surface area contributed by atoms with Crippen LogP contribution in [0.5, 0.6) is 11.5 Å². The topological polar surface area (TPSA) is 27.7 Å². The van der Waals surface area contributed by atoms with Crippen molar-refractivity contribution in [3.05, 3.63) is 59.7 Å². The maximum Gasteiger partial charge on any atom is 0.261 e. The van der Waals surface area contributed by atoms with Crippen LogP contribution in [0.25, 0.3) is 0 Å². The predicted octanol–water partition coefficient (Wildman–Crippen LogP) is 5.75. The number of halogens is 4. The van der Waals surface area contributed by atoms with E-state index in [1.54, 1.807) is 48.5 Å². The van der Waals surface area contributed by atoms with Crippen molar-refractivity contribution < 1.29 is 31.8 Å². The van der Waals surface area contributed by atoms with E-state index in [0.717, 1.165) is 0 Å². The Morgan fingerprint density at radius 1 is 0.645 bits per heavy atom. The number of hydrogen-bond acceptors (Lipinski definition) is 3. The van der Waals surface area contributed by atoms with Crippen molar-refractivity contribution in [3.8, 4) is 11.5 Å². The lowest BCUT2D eigenvalue weighted by atomic mass is 9.94. The molecule has 3 nitrogen and oxygen atoms in total. The normalized spacial score (nSPS) is 27.5. The Morgan fingerprint density at radius 3 is 1.23 bits per heavy atom. The van der Waals surface area contributed by atoms with Crippen LogP contribution in [0.15, 0.2) is 48.5 Å². The van der Waals surface area contributed by atoms with Gasteiger partial charge in [0.2, 0.25) is 0 Å². The monoisotopic (exact) mass is 438 g/mol. The summed E-state index contributed by atoms with van der Waals surface area (Å²) >= 11 is 0. The average molecular weight is 438 g/mol. The second kappa shape index (κ2) is 7.69. The first kappa shape index (κ1) is 21.9. The van der Waals surface area contributed by atoms with Crippen LogP contribution in [0.3, 0.4) is 0 Å². The molecule has 0 aliphatic heterocycles. The van der Waals surface area contributed by atoms with Crippen LogP contribution in [0, 0.1) is 0 Å². The molecule has 0 N–H and O–H groups in total.